The Morgan fingerprint density at radius 3 is 2.95 bits per heavy atom. The monoisotopic (exact) mass is 260 g/mol. The van der Waals surface area contributed by atoms with Crippen LogP contribution in [0.25, 0.3) is 0 Å². The van der Waals surface area contributed by atoms with Crippen LogP contribution in [0.1, 0.15) is 30.4 Å². The van der Waals surface area contributed by atoms with Crippen molar-refractivity contribution in [3.8, 4) is 0 Å². The van der Waals surface area contributed by atoms with Crippen molar-refractivity contribution in [2.75, 3.05) is 20.1 Å². The van der Waals surface area contributed by atoms with Gasteiger partial charge in [-0.2, -0.15) is 5.10 Å². The van der Waals surface area contributed by atoms with Crippen LogP contribution in [0.2, 0.25) is 0 Å². The molecule has 2 aromatic rings. The maximum absolute atomic E-state index is 4.40. The summed E-state index contributed by atoms with van der Waals surface area (Å²) < 4.78 is 4.01. The highest BCUT2D eigenvalue weighted by Gasteiger charge is 2.24. The first-order valence-corrected chi connectivity index (χ1v) is 6.78. The lowest BCUT2D eigenvalue weighted by atomic mass is 9.98. The number of aromatic nitrogens is 5. The van der Waals surface area contributed by atoms with Crippen LogP contribution < -0.4 is 0 Å². The van der Waals surface area contributed by atoms with E-state index in [2.05, 4.69) is 38.9 Å². The van der Waals surface area contributed by atoms with E-state index >= 15 is 0 Å². The number of hydrogen-bond donors (Lipinski definition) is 0. The van der Waals surface area contributed by atoms with E-state index in [-0.39, 0.29) is 0 Å². The molecule has 1 saturated heterocycles. The number of hydrogen-bond acceptors (Lipinski definition) is 4. The summed E-state index contributed by atoms with van der Waals surface area (Å²) in [4.78, 5) is 2.37. The minimum absolute atomic E-state index is 0.502. The van der Waals surface area contributed by atoms with Gasteiger partial charge in [0.2, 0.25) is 0 Å². The van der Waals surface area contributed by atoms with Gasteiger partial charge >= 0.3 is 0 Å². The lowest BCUT2D eigenvalue weighted by molar-refractivity contribution is 0.243. The highest BCUT2D eigenvalue weighted by Crippen LogP contribution is 2.24. The topological polar surface area (TPSA) is 51.8 Å². The molecule has 3 rings (SSSR count). The molecule has 1 unspecified atom stereocenters. The summed E-state index contributed by atoms with van der Waals surface area (Å²) >= 11 is 0. The minimum Gasteiger partial charge on any atom is -0.316 e. The van der Waals surface area contributed by atoms with Crippen LogP contribution in [-0.4, -0.2) is 49.6 Å². The predicted molar refractivity (Wildman–Crippen MR) is 71.8 cm³/mol. The molecule has 0 N–H and O–H groups in total. The molecule has 19 heavy (non-hydrogen) atoms. The standard InChI is InChI=1S/C13H20N6/c1-17-7-3-5-11(9-17)13-16-15-12(18(13)2)10-19-8-4-6-14-19/h4,6,8,11H,3,5,7,9-10H2,1-2H3. The van der Waals surface area contributed by atoms with E-state index < -0.39 is 0 Å². The third-order valence-corrected chi connectivity index (χ3v) is 3.85. The average Bonchev–Trinajstić information content (AvgIpc) is 3.01. The van der Waals surface area contributed by atoms with Crippen molar-refractivity contribution in [2.45, 2.75) is 25.3 Å². The van der Waals surface area contributed by atoms with Crippen LogP contribution in [0.5, 0.6) is 0 Å². The van der Waals surface area contributed by atoms with Crippen molar-refractivity contribution in [1.82, 2.24) is 29.4 Å². The summed E-state index contributed by atoms with van der Waals surface area (Å²) in [6.07, 6.45) is 6.18. The van der Waals surface area contributed by atoms with Crippen molar-refractivity contribution >= 4 is 0 Å². The zero-order valence-corrected chi connectivity index (χ0v) is 11.5. The molecule has 0 amide bonds. The van der Waals surface area contributed by atoms with E-state index in [4.69, 9.17) is 0 Å². The van der Waals surface area contributed by atoms with Crippen molar-refractivity contribution in [1.29, 1.82) is 0 Å². The maximum atomic E-state index is 4.40. The molecule has 1 aliphatic rings. The third kappa shape index (κ3) is 2.53. The largest absolute Gasteiger partial charge is 0.316 e. The Bertz CT molecular complexity index is 529. The molecule has 1 atom stereocenters. The van der Waals surface area contributed by atoms with Gasteiger partial charge in [0.05, 0.1) is 0 Å². The van der Waals surface area contributed by atoms with Gasteiger partial charge in [-0.15, -0.1) is 10.2 Å². The second kappa shape index (κ2) is 5.13. The molecule has 6 nitrogen and oxygen atoms in total. The van der Waals surface area contributed by atoms with Gasteiger partial charge in [-0.25, -0.2) is 0 Å². The van der Waals surface area contributed by atoms with Crippen molar-refractivity contribution in [2.24, 2.45) is 7.05 Å². The number of rotatable bonds is 3. The molecule has 1 fully saturated rings. The van der Waals surface area contributed by atoms with Gasteiger partial charge in [-0.1, -0.05) is 0 Å². The Hall–Kier alpha value is -1.69. The van der Waals surface area contributed by atoms with E-state index in [1.54, 1.807) is 6.20 Å². The summed E-state index contributed by atoms with van der Waals surface area (Å²) in [5.41, 5.74) is 0. The predicted octanol–water partition coefficient (Wildman–Crippen LogP) is 0.869. The fourth-order valence-corrected chi connectivity index (χ4v) is 2.78. The fourth-order valence-electron chi connectivity index (χ4n) is 2.78. The van der Waals surface area contributed by atoms with Crippen molar-refractivity contribution in [3.05, 3.63) is 30.1 Å². The maximum Gasteiger partial charge on any atom is 0.154 e. The molecule has 1 aliphatic heterocycles. The fraction of sp³-hybridized carbons (Fsp3) is 0.615. The van der Waals surface area contributed by atoms with Crippen molar-refractivity contribution in [3.63, 3.8) is 0 Å². The van der Waals surface area contributed by atoms with E-state index in [1.165, 1.54) is 19.4 Å². The van der Waals surface area contributed by atoms with Gasteiger partial charge < -0.3 is 9.47 Å². The van der Waals surface area contributed by atoms with Gasteiger partial charge in [0.25, 0.3) is 0 Å². The van der Waals surface area contributed by atoms with Gasteiger partial charge in [0, 0.05) is 31.9 Å². The van der Waals surface area contributed by atoms with E-state index in [0.29, 0.717) is 12.5 Å². The summed E-state index contributed by atoms with van der Waals surface area (Å²) in [7, 11) is 4.23. The lowest BCUT2D eigenvalue weighted by Crippen LogP contribution is -2.32. The van der Waals surface area contributed by atoms with Crippen LogP contribution in [0.3, 0.4) is 0 Å². The molecule has 0 aliphatic carbocycles. The minimum atomic E-state index is 0.502. The SMILES string of the molecule is CN1CCCC(c2nnc(Cn3cccn3)n2C)C1. The van der Waals surface area contributed by atoms with Gasteiger partial charge in [0.1, 0.15) is 12.4 Å². The zero-order chi connectivity index (χ0) is 13.2. The summed E-state index contributed by atoms with van der Waals surface area (Å²) in [6.45, 7) is 2.95. The van der Waals surface area contributed by atoms with Crippen LogP contribution in [-0.2, 0) is 13.6 Å². The van der Waals surface area contributed by atoms with E-state index in [1.807, 2.05) is 16.9 Å². The van der Waals surface area contributed by atoms with E-state index in [9.17, 15) is 0 Å². The molecule has 0 saturated carbocycles. The quantitative estimate of drug-likeness (QED) is 0.821. The summed E-state index contributed by atoms with van der Waals surface area (Å²) in [6, 6.07) is 1.92. The molecule has 0 radical (unpaired) electrons. The summed E-state index contributed by atoms with van der Waals surface area (Å²) in [5, 5.41) is 12.9. The molecule has 0 bridgehead atoms. The first kappa shape index (κ1) is 12.3. The molecular formula is C13H20N6. The molecular weight excluding hydrogens is 240 g/mol. The van der Waals surface area contributed by atoms with Crippen LogP contribution in [0.4, 0.5) is 0 Å². The normalized spacial score (nSPS) is 20.8. The lowest BCUT2D eigenvalue weighted by Gasteiger charge is -2.28. The Balaban J connectivity index is 1.78. The third-order valence-electron chi connectivity index (χ3n) is 3.85. The van der Waals surface area contributed by atoms with Crippen LogP contribution in [0.15, 0.2) is 18.5 Å². The Labute approximate surface area is 113 Å². The number of likely N-dealkylation sites (N-methyl/N-ethyl adjacent to an activating group) is 1. The van der Waals surface area contributed by atoms with Gasteiger partial charge in [-0.05, 0) is 32.5 Å². The van der Waals surface area contributed by atoms with Gasteiger partial charge in [-0.3, -0.25) is 4.68 Å². The van der Waals surface area contributed by atoms with Gasteiger partial charge in [0.15, 0.2) is 5.82 Å². The molecule has 3 heterocycles. The molecule has 0 aromatic carbocycles. The number of nitrogens with zero attached hydrogens (tertiary/aromatic N) is 6. The Kier molecular flexibility index (Phi) is 3.33. The molecule has 6 heteroatoms. The molecule has 0 spiro atoms. The molecule has 102 valence electrons. The zero-order valence-electron chi connectivity index (χ0n) is 11.5. The second-order valence-electron chi connectivity index (χ2n) is 5.34. The number of likely N-dealkylation sites (tertiary alicyclic amines) is 1. The van der Waals surface area contributed by atoms with Crippen molar-refractivity contribution < 1.29 is 0 Å². The first-order chi connectivity index (χ1) is 9.24. The van der Waals surface area contributed by atoms with Crippen LogP contribution >= 0.6 is 0 Å². The second-order valence-corrected chi connectivity index (χ2v) is 5.34. The summed E-state index contributed by atoms with van der Waals surface area (Å²) in [5.74, 6) is 2.57. The average molecular weight is 260 g/mol. The molecule has 2 aromatic heterocycles. The number of piperidine rings is 1. The highest BCUT2D eigenvalue weighted by molar-refractivity contribution is 5.04. The smallest absolute Gasteiger partial charge is 0.154 e. The van der Waals surface area contributed by atoms with E-state index in [0.717, 1.165) is 18.2 Å². The first-order valence-electron chi connectivity index (χ1n) is 6.78. The Morgan fingerprint density at radius 2 is 2.21 bits per heavy atom. The highest BCUT2D eigenvalue weighted by atomic mass is 15.3. The van der Waals surface area contributed by atoms with Crippen LogP contribution in [0, 0.1) is 0 Å². The Morgan fingerprint density at radius 1 is 1.32 bits per heavy atom.